The van der Waals surface area contributed by atoms with Gasteiger partial charge in [-0.2, -0.15) is 0 Å². The molecule has 1 saturated carbocycles. The lowest BCUT2D eigenvalue weighted by Gasteiger charge is -2.37. The van der Waals surface area contributed by atoms with E-state index in [9.17, 15) is 9.59 Å². The Bertz CT molecular complexity index is 1050. The summed E-state index contributed by atoms with van der Waals surface area (Å²) in [5.41, 5.74) is 3.26. The molecule has 0 atom stereocenters. The molecule has 2 saturated heterocycles. The summed E-state index contributed by atoms with van der Waals surface area (Å²) in [5, 5.41) is 0. The second-order valence-corrected chi connectivity index (χ2v) is 10.3. The van der Waals surface area contributed by atoms with Crippen LogP contribution in [0.3, 0.4) is 0 Å². The van der Waals surface area contributed by atoms with E-state index in [0.29, 0.717) is 44.6 Å². The van der Waals surface area contributed by atoms with Crippen LogP contribution in [0.5, 0.6) is 0 Å². The normalized spacial score (nSPS) is 20.3. The number of amides is 1. The van der Waals surface area contributed by atoms with Gasteiger partial charge in [0.25, 0.3) is 5.56 Å². The number of benzene rings is 1. The van der Waals surface area contributed by atoms with Gasteiger partial charge in [0.2, 0.25) is 11.9 Å². The number of piperazine rings is 2. The third-order valence-corrected chi connectivity index (χ3v) is 7.78. The largest absolute Gasteiger partial charge is 0.369 e. The number of nitrogens with one attached hydrogen (secondary N) is 1. The van der Waals surface area contributed by atoms with Crippen LogP contribution in [-0.2, 0) is 11.3 Å². The molecule has 1 amide bonds. The zero-order chi connectivity index (χ0) is 24.2. The Balaban J connectivity index is 1.15. The number of H-pyrrole nitrogens is 1. The van der Waals surface area contributed by atoms with Crippen LogP contribution in [0, 0.1) is 12.8 Å². The molecule has 0 unspecified atom stereocenters. The molecule has 0 bridgehead atoms. The number of anilines is 2. The van der Waals surface area contributed by atoms with E-state index < -0.39 is 0 Å². The van der Waals surface area contributed by atoms with Crippen LogP contribution in [0.1, 0.15) is 43.4 Å². The van der Waals surface area contributed by atoms with Gasteiger partial charge in [-0.1, -0.05) is 37.0 Å². The van der Waals surface area contributed by atoms with Gasteiger partial charge in [0.15, 0.2) is 0 Å². The highest BCUT2D eigenvalue weighted by Gasteiger charge is 2.29. The number of carbonyl (C=O) groups excluding carboxylic acids is 1. The molecule has 1 N–H and O–H groups in total. The Morgan fingerprint density at radius 1 is 0.914 bits per heavy atom. The molecule has 188 valence electrons. The van der Waals surface area contributed by atoms with Gasteiger partial charge in [0, 0.05) is 76.6 Å². The molecule has 0 spiro atoms. The molecule has 3 heterocycles. The standard InChI is InChI=1S/C27H38N6O2/c1-21-7-9-24(10-8-21)31-13-11-30(12-14-31)20-23-19-25(34)29-27(28-23)33-17-15-32(16-18-33)26(35)22-5-3-2-4-6-22/h7-10,19,22H,2-6,11-18,20H2,1H3,(H,28,29,34). The highest BCUT2D eigenvalue weighted by molar-refractivity contribution is 5.79. The van der Waals surface area contributed by atoms with Crippen LogP contribution in [-0.4, -0.2) is 78.0 Å². The maximum absolute atomic E-state index is 12.9. The summed E-state index contributed by atoms with van der Waals surface area (Å²) < 4.78 is 0. The summed E-state index contributed by atoms with van der Waals surface area (Å²) in [5.74, 6) is 1.17. The molecule has 1 aromatic heterocycles. The smallest absolute Gasteiger partial charge is 0.252 e. The van der Waals surface area contributed by atoms with Crippen LogP contribution in [0.2, 0.25) is 0 Å². The minimum Gasteiger partial charge on any atom is -0.369 e. The lowest BCUT2D eigenvalue weighted by molar-refractivity contribution is -0.136. The Morgan fingerprint density at radius 2 is 1.57 bits per heavy atom. The number of hydrogen-bond acceptors (Lipinski definition) is 6. The van der Waals surface area contributed by atoms with E-state index in [0.717, 1.165) is 44.7 Å². The van der Waals surface area contributed by atoms with Crippen molar-refractivity contribution in [2.24, 2.45) is 5.92 Å². The number of rotatable bonds is 5. The lowest BCUT2D eigenvalue weighted by Crippen LogP contribution is -2.51. The van der Waals surface area contributed by atoms with Crippen molar-refractivity contribution >= 4 is 17.5 Å². The summed E-state index contributed by atoms with van der Waals surface area (Å²) in [6, 6.07) is 10.3. The Labute approximate surface area is 207 Å². The number of aromatic amines is 1. The van der Waals surface area contributed by atoms with Gasteiger partial charge in [0.05, 0.1) is 5.69 Å². The van der Waals surface area contributed by atoms with E-state index >= 15 is 0 Å². The summed E-state index contributed by atoms with van der Waals surface area (Å²) in [4.78, 5) is 42.0. The third-order valence-electron chi connectivity index (χ3n) is 7.78. The summed E-state index contributed by atoms with van der Waals surface area (Å²) in [7, 11) is 0. The number of nitrogens with zero attached hydrogens (tertiary/aromatic N) is 5. The lowest BCUT2D eigenvalue weighted by atomic mass is 9.88. The summed E-state index contributed by atoms with van der Waals surface area (Å²) in [6.45, 7) is 9.43. The zero-order valence-electron chi connectivity index (χ0n) is 20.9. The van der Waals surface area contributed by atoms with E-state index in [4.69, 9.17) is 4.98 Å². The van der Waals surface area contributed by atoms with E-state index in [-0.39, 0.29) is 11.5 Å². The average molecular weight is 479 g/mol. The first-order valence-corrected chi connectivity index (χ1v) is 13.2. The van der Waals surface area contributed by atoms with E-state index in [1.807, 2.05) is 4.90 Å². The average Bonchev–Trinajstić information content (AvgIpc) is 2.89. The van der Waals surface area contributed by atoms with Gasteiger partial charge in [-0.05, 0) is 31.9 Å². The predicted octanol–water partition coefficient (Wildman–Crippen LogP) is 2.63. The molecule has 8 nitrogen and oxygen atoms in total. The number of aromatic nitrogens is 2. The first-order valence-electron chi connectivity index (χ1n) is 13.2. The van der Waals surface area contributed by atoms with Crippen molar-refractivity contribution in [3.05, 3.63) is 51.9 Å². The second kappa shape index (κ2) is 10.8. The molecule has 3 fully saturated rings. The molecule has 3 aliphatic rings. The van der Waals surface area contributed by atoms with Gasteiger partial charge in [-0.25, -0.2) is 4.98 Å². The Morgan fingerprint density at radius 3 is 2.26 bits per heavy atom. The van der Waals surface area contributed by atoms with Crippen molar-refractivity contribution < 1.29 is 4.79 Å². The van der Waals surface area contributed by atoms with Gasteiger partial charge >= 0.3 is 0 Å². The van der Waals surface area contributed by atoms with Crippen molar-refractivity contribution in [2.75, 3.05) is 62.2 Å². The molecule has 1 aliphatic carbocycles. The van der Waals surface area contributed by atoms with E-state index in [1.165, 1.54) is 30.5 Å². The highest BCUT2D eigenvalue weighted by Crippen LogP contribution is 2.26. The van der Waals surface area contributed by atoms with E-state index in [1.54, 1.807) is 6.07 Å². The Kier molecular flexibility index (Phi) is 7.37. The van der Waals surface area contributed by atoms with Crippen LogP contribution in [0.15, 0.2) is 35.1 Å². The first-order chi connectivity index (χ1) is 17.0. The minimum absolute atomic E-state index is 0.107. The van der Waals surface area contributed by atoms with Crippen molar-refractivity contribution in [1.82, 2.24) is 19.8 Å². The SMILES string of the molecule is Cc1ccc(N2CCN(Cc3cc(=O)[nH]c(N4CCN(C(=O)C5CCCCC5)CC4)n3)CC2)cc1. The molecular formula is C27H38N6O2. The van der Waals surface area contributed by atoms with Gasteiger partial charge in [-0.15, -0.1) is 0 Å². The second-order valence-electron chi connectivity index (χ2n) is 10.3. The molecule has 8 heteroatoms. The molecule has 5 rings (SSSR count). The van der Waals surface area contributed by atoms with Crippen LogP contribution >= 0.6 is 0 Å². The quantitative estimate of drug-likeness (QED) is 0.712. The van der Waals surface area contributed by atoms with Gasteiger partial charge < -0.3 is 14.7 Å². The predicted molar refractivity (Wildman–Crippen MR) is 139 cm³/mol. The topological polar surface area (TPSA) is 75.8 Å². The summed E-state index contributed by atoms with van der Waals surface area (Å²) in [6.07, 6.45) is 5.69. The highest BCUT2D eigenvalue weighted by atomic mass is 16.2. The molecule has 1 aromatic carbocycles. The zero-order valence-corrected chi connectivity index (χ0v) is 20.9. The fourth-order valence-electron chi connectivity index (χ4n) is 5.62. The molecule has 2 aliphatic heterocycles. The molecular weight excluding hydrogens is 440 g/mol. The fraction of sp³-hybridized carbons (Fsp3) is 0.593. The number of aryl methyl sites for hydroxylation is 1. The van der Waals surface area contributed by atoms with Crippen molar-refractivity contribution in [3.63, 3.8) is 0 Å². The maximum atomic E-state index is 12.9. The number of hydrogen-bond donors (Lipinski definition) is 1. The van der Waals surface area contributed by atoms with Crippen molar-refractivity contribution in [1.29, 1.82) is 0 Å². The Hall–Kier alpha value is -2.87. The van der Waals surface area contributed by atoms with Crippen LogP contribution < -0.4 is 15.4 Å². The monoisotopic (exact) mass is 478 g/mol. The van der Waals surface area contributed by atoms with Crippen molar-refractivity contribution in [3.8, 4) is 0 Å². The summed E-state index contributed by atoms with van der Waals surface area (Å²) >= 11 is 0. The van der Waals surface area contributed by atoms with Gasteiger partial charge in [-0.3, -0.25) is 19.5 Å². The van der Waals surface area contributed by atoms with Gasteiger partial charge in [0.1, 0.15) is 0 Å². The minimum atomic E-state index is -0.107. The third kappa shape index (κ3) is 5.86. The van der Waals surface area contributed by atoms with E-state index in [2.05, 4.69) is 50.9 Å². The fourth-order valence-corrected chi connectivity index (χ4v) is 5.62. The number of carbonyl (C=O) groups is 1. The van der Waals surface area contributed by atoms with Crippen LogP contribution in [0.4, 0.5) is 11.6 Å². The van der Waals surface area contributed by atoms with Crippen molar-refractivity contribution in [2.45, 2.75) is 45.6 Å². The molecule has 0 radical (unpaired) electrons. The molecule has 2 aromatic rings. The first kappa shape index (κ1) is 23.9. The maximum Gasteiger partial charge on any atom is 0.252 e. The molecule has 35 heavy (non-hydrogen) atoms. The van der Waals surface area contributed by atoms with Crippen LogP contribution in [0.25, 0.3) is 0 Å².